The van der Waals surface area contributed by atoms with Crippen molar-refractivity contribution in [2.75, 3.05) is 20.2 Å². The van der Waals surface area contributed by atoms with Gasteiger partial charge in [0.1, 0.15) is 0 Å². The number of hydrogen-bond acceptors (Lipinski definition) is 6. The van der Waals surface area contributed by atoms with Crippen LogP contribution in [0.5, 0.6) is 0 Å². The summed E-state index contributed by atoms with van der Waals surface area (Å²) in [4.78, 5) is 60.9. The van der Waals surface area contributed by atoms with E-state index in [2.05, 4.69) is 11.8 Å². The van der Waals surface area contributed by atoms with Crippen LogP contribution in [-0.2, 0) is 30.5 Å². The number of esters is 1. The van der Waals surface area contributed by atoms with E-state index >= 15 is 0 Å². The molecule has 1 saturated carbocycles. The molecule has 42 heavy (non-hydrogen) atoms. The molecular formula is C29H37F3N4O6. The lowest BCUT2D eigenvalue weighted by Crippen LogP contribution is -2.60. The lowest BCUT2D eigenvalue weighted by atomic mass is 9.78. The van der Waals surface area contributed by atoms with Crippen LogP contribution in [0.2, 0.25) is 0 Å². The van der Waals surface area contributed by atoms with Crippen molar-refractivity contribution in [3.05, 3.63) is 35.9 Å². The number of imide groups is 1. The Morgan fingerprint density at radius 3 is 2.21 bits per heavy atom. The number of aliphatic imine (C=N–C) groups is 1. The van der Waals surface area contributed by atoms with Gasteiger partial charge in [0.2, 0.25) is 11.8 Å². The van der Waals surface area contributed by atoms with E-state index in [1.165, 1.54) is 18.4 Å². The number of carboxylic acid groups (broad SMARTS) is 1. The zero-order valence-electron chi connectivity index (χ0n) is 24.0. The van der Waals surface area contributed by atoms with E-state index < -0.39 is 35.5 Å². The molecule has 0 aromatic heterocycles. The maximum absolute atomic E-state index is 13.9. The highest BCUT2D eigenvalue weighted by molar-refractivity contribution is 6.11. The molecule has 0 spiro atoms. The molecule has 3 saturated heterocycles. The molecule has 4 aliphatic rings. The van der Waals surface area contributed by atoms with E-state index in [4.69, 9.17) is 19.6 Å². The van der Waals surface area contributed by atoms with Crippen LogP contribution < -0.4 is 0 Å². The van der Waals surface area contributed by atoms with Gasteiger partial charge in [0.05, 0.1) is 37.6 Å². The number of carbonyl (C=O) groups excluding carboxylic acids is 3. The maximum atomic E-state index is 13.9. The maximum Gasteiger partial charge on any atom is 0.490 e. The summed E-state index contributed by atoms with van der Waals surface area (Å²) < 4.78 is 37.1. The second-order valence-corrected chi connectivity index (χ2v) is 11.0. The van der Waals surface area contributed by atoms with Gasteiger partial charge in [-0.15, -0.1) is 0 Å². The monoisotopic (exact) mass is 594 g/mol. The molecule has 4 fully saturated rings. The summed E-state index contributed by atoms with van der Waals surface area (Å²) in [6.45, 7) is 5.53. The molecule has 1 N–H and O–H groups in total. The van der Waals surface area contributed by atoms with Crippen LogP contribution in [0, 0.1) is 11.8 Å². The summed E-state index contributed by atoms with van der Waals surface area (Å²) in [5.74, 6) is -4.25. The van der Waals surface area contributed by atoms with Gasteiger partial charge in [-0.1, -0.05) is 56.5 Å². The van der Waals surface area contributed by atoms with Crippen molar-refractivity contribution >= 4 is 29.7 Å². The number of aliphatic carboxylic acids is 1. The van der Waals surface area contributed by atoms with Crippen LogP contribution in [0.25, 0.3) is 0 Å². The molecule has 2 amide bonds. The van der Waals surface area contributed by atoms with E-state index in [9.17, 15) is 27.6 Å². The Morgan fingerprint density at radius 2 is 1.69 bits per heavy atom. The predicted molar refractivity (Wildman–Crippen MR) is 145 cm³/mol. The van der Waals surface area contributed by atoms with Crippen LogP contribution in [0.3, 0.4) is 0 Å². The Bertz CT molecular complexity index is 1220. The van der Waals surface area contributed by atoms with Gasteiger partial charge in [-0.25, -0.2) is 14.6 Å². The largest absolute Gasteiger partial charge is 0.490 e. The minimum atomic E-state index is -5.08. The van der Waals surface area contributed by atoms with E-state index in [0.717, 1.165) is 43.8 Å². The first-order chi connectivity index (χ1) is 19.9. The number of alkyl halides is 3. The smallest absolute Gasteiger partial charge is 0.475 e. The van der Waals surface area contributed by atoms with Crippen LogP contribution in [0.15, 0.2) is 35.3 Å². The average Bonchev–Trinajstić information content (AvgIpc) is 3.56. The highest BCUT2D eigenvalue weighted by Gasteiger charge is 2.74. The summed E-state index contributed by atoms with van der Waals surface area (Å²) in [6.07, 6.45) is 0.902. The predicted octanol–water partition coefficient (Wildman–Crippen LogP) is 3.45. The molecule has 5 rings (SSSR count). The second kappa shape index (κ2) is 12.3. The number of rotatable bonds is 6. The number of amides is 2. The number of fused-ring (bicyclic) bond motifs is 3. The molecule has 0 unspecified atom stereocenters. The molecule has 1 aromatic rings. The number of carboxylic acids is 1. The number of methoxy groups -OCH3 is 1. The summed E-state index contributed by atoms with van der Waals surface area (Å²) in [7, 11) is 1.37. The van der Waals surface area contributed by atoms with Crippen LogP contribution in [0.1, 0.15) is 57.9 Å². The highest BCUT2D eigenvalue weighted by Crippen LogP contribution is 2.54. The molecule has 4 atom stereocenters. The minimum Gasteiger partial charge on any atom is -0.475 e. The third-order valence-electron chi connectivity index (χ3n) is 8.80. The Balaban J connectivity index is 0.000000517. The summed E-state index contributed by atoms with van der Waals surface area (Å²) in [5.41, 5.74) is -0.341. The van der Waals surface area contributed by atoms with Gasteiger partial charge < -0.3 is 19.6 Å². The summed E-state index contributed by atoms with van der Waals surface area (Å²) >= 11 is 0. The van der Waals surface area contributed by atoms with Crippen molar-refractivity contribution in [1.82, 2.24) is 14.7 Å². The molecule has 3 aliphatic heterocycles. The first-order valence-electron chi connectivity index (χ1n) is 14.3. The Kier molecular flexibility index (Phi) is 9.17. The fourth-order valence-electron chi connectivity index (χ4n) is 6.88. The van der Waals surface area contributed by atoms with Crippen molar-refractivity contribution < 1.29 is 42.2 Å². The van der Waals surface area contributed by atoms with Crippen LogP contribution >= 0.6 is 0 Å². The van der Waals surface area contributed by atoms with Gasteiger partial charge >= 0.3 is 18.1 Å². The molecule has 0 radical (unpaired) electrons. The standard InChI is InChI=1S/C27H36N4O4.C2HF3O2/c1-4-27(25(34)35-3)22-21(23(32)30(24(22)33)16-18-12-8-6-9-13-18)20-17-29(5-2)26(31(20)27)28-19-14-10-7-11-15-19;3-2(4,5)1(6)7/h6,8-9,12-13,19-22H,4-5,7,10-11,14-17H2,1-3H3;(H,6,7)/t20-,21+,22-,27-;/m1./s1. The van der Waals surface area contributed by atoms with Crippen molar-refractivity contribution in [2.24, 2.45) is 16.8 Å². The number of likely N-dealkylation sites (tertiary alicyclic amines) is 1. The number of guanidine groups is 1. The number of benzene rings is 1. The van der Waals surface area contributed by atoms with Gasteiger partial charge in [-0.05, 0) is 31.7 Å². The third-order valence-corrected chi connectivity index (χ3v) is 8.80. The van der Waals surface area contributed by atoms with E-state index in [1.54, 1.807) is 0 Å². The van der Waals surface area contributed by atoms with E-state index in [-0.39, 0.29) is 30.4 Å². The lowest BCUT2D eigenvalue weighted by Gasteiger charge is -2.40. The Morgan fingerprint density at radius 1 is 1.07 bits per heavy atom. The van der Waals surface area contributed by atoms with Gasteiger partial charge in [-0.3, -0.25) is 14.5 Å². The Labute approximate surface area is 242 Å². The van der Waals surface area contributed by atoms with E-state index in [0.29, 0.717) is 13.0 Å². The summed E-state index contributed by atoms with van der Waals surface area (Å²) in [6, 6.07) is 9.47. The van der Waals surface area contributed by atoms with Gasteiger partial charge in [0.25, 0.3) is 0 Å². The van der Waals surface area contributed by atoms with Crippen molar-refractivity contribution in [3.8, 4) is 0 Å². The minimum absolute atomic E-state index is 0.187. The number of likely N-dealkylation sites (N-methyl/N-ethyl adjacent to an activating group) is 1. The third kappa shape index (κ3) is 5.45. The molecule has 10 nitrogen and oxygen atoms in total. The zero-order valence-corrected chi connectivity index (χ0v) is 24.0. The molecule has 1 aliphatic carbocycles. The van der Waals surface area contributed by atoms with Gasteiger partial charge in [-0.2, -0.15) is 13.2 Å². The van der Waals surface area contributed by atoms with E-state index in [1.807, 2.05) is 42.2 Å². The van der Waals surface area contributed by atoms with Crippen molar-refractivity contribution in [1.29, 1.82) is 0 Å². The van der Waals surface area contributed by atoms with Crippen LogP contribution in [-0.4, -0.2) is 93.5 Å². The average molecular weight is 595 g/mol. The summed E-state index contributed by atoms with van der Waals surface area (Å²) in [5, 5.41) is 7.12. The molecule has 0 bridgehead atoms. The fourth-order valence-corrected chi connectivity index (χ4v) is 6.88. The molecule has 1 aromatic carbocycles. The number of nitrogens with zero attached hydrogens (tertiary/aromatic N) is 4. The number of ether oxygens (including phenoxy) is 1. The Hall–Kier alpha value is -3.64. The van der Waals surface area contributed by atoms with Crippen molar-refractivity contribution in [2.45, 2.75) is 82.7 Å². The second-order valence-electron chi connectivity index (χ2n) is 11.0. The normalized spacial score (nSPS) is 28.5. The first kappa shape index (κ1) is 31.3. The number of hydrogen-bond donors (Lipinski definition) is 1. The molecule has 230 valence electrons. The number of carbonyl (C=O) groups is 4. The highest BCUT2D eigenvalue weighted by atomic mass is 19.4. The molecule has 13 heteroatoms. The fraction of sp³-hybridized carbons (Fsp3) is 0.621. The quantitative estimate of drug-likeness (QED) is 0.393. The number of halogens is 3. The molecular weight excluding hydrogens is 557 g/mol. The van der Waals surface area contributed by atoms with Gasteiger partial charge in [0.15, 0.2) is 11.5 Å². The van der Waals surface area contributed by atoms with Crippen molar-refractivity contribution in [3.63, 3.8) is 0 Å². The molecule has 3 heterocycles. The zero-order chi connectivity index (χ0) is 30.8. The van der Waals surface area contributed by atoms with Crippen LogP contribution in [0.4, 0.5) is 13.2 Å². The SMILES string of the molecule is CCN1C[C@@H]2[C@@H]3C(=O)N(Cc4ccccc4)C(=O)[C@@H]3[C@](CC)(C(=O)OC)N2C1=NC1CCCCC1.O=C(O)C(F)(F)F. The lowest BCUT2D eigenvalue weighted by molar-refractivity contribution is -0.192. The first-order valence-corrected chi connectivity index (χ1v) is 14.3. The van der Waals surface area contributed by atoms with Gasteiger partial charge in [0, 0.05) is 13.1 Å². The topological polar surface area (TPSA) is 120 Å².